The summed E-state index contributed by atoms with van der Waals surface area (Å²) in [7, 11) is 0. The molecule has 1 aromatic rings. The molecule has 3 aliphatic rings. The number of likely N-dealkylation sites (tertiary alicyclic amines) is 1. The number of hydrogen-bond acceptors (Lipinski definition) is 6. The Bertz CT molecular complexity index is 795. The smallest absolute Gasteiger partial charge is 0.326 e. The van der Waals surface area contributed by atoms with E-state index in [4.69, 9.17) is 10.1 Å². The third kappa shape index (κ3) is 7.05. The lowest BCUT2D eigenvalue weighted by molar-refractivity contribution is -0.137. The van der Waals surface area contributed by atoms with Crippen LogP contribution in [0.4, 0.5) is 10.6 Å². The van der Waals surface area contributed by atoms with E-state index >= 15 is 0 Å². The van der Waals surface area contributed by atoms with Gasteiger partial charge in [-0.15, -0.1) is 37.2 Å². The Balaban J connectivity index is 0.00000181. The van der Waals surface area contributed by atoms with Crippen LogP contribution in [0.15, 0.2) is 6.20 Å². The second-order valence-electron chi connectivity index (χ2n) is 8.40. The Labute approximate surface area is 214 Å². The number of fused-ring (bicyclic) bond motifs is 1. The molecule has 12 heteroatoms. The molecule has 4 heterocycles. The number of amides is 2. The minimum Gasteiger partial charge on any atom is -0.481 e. The summed E-state index contributed by atoms with van der Waals surface area (Å²) < 4.78 is 0. The number of carbonyl (C=O) groups excluding carboxylic acids is 1. The van der Waals surface area contributed by atoms with Gasteiger partial charge in [0.05, 0.1) is 24.0 Å². The second-order valence-corrected chi connectivity index (χ2v) is 8.40. The molecule has 2 saturated heterocycles. The molecule has 3 aliphatic heterocycles. The van der Waals surface area contributed by atoms with Crippen molar-refractivity contribution in [1.82, 2.24) is 24.7 Å². The van der Waals surface area contributed by atoms with Gasteiger partial charge in [0.2, 0.25) is 0 Å². The highest BCUT2D eigenvalue weighted by Crippen LogP contribution is 2.25. The molecule has 0 atom stereocenters. The van der Waals surface area contributed by atoms with E-state index in [1.807, 2.05) is 4.90 Å². The van der Waals surface area contributed by atoms with Gasteiger partial charge in [-0.25, -0.2) is 9.78 Å². The van der Waals surface area contributed by atoms with Gasteiger partial charge in [-0.05, 0) is 19.4 Å². The van der Waals surface area contributed by atoms with Crippen LogP contribution in [-0.2, 0) is 17.6 Å². The van der Waals surface area contributed by atoms with Crippen molar-refractivity contribution in [3.63, 3.8) is 0 Å². The quantitative estimate of drug-likeness (QED) is 0.609. The summed E-state index contributed by atoms with van der Waals surface area (Å²) in [5.74, 6) is -0.0863. The summed E-state index contributed by atoms with van der Waals surface area (Å²) in [6.45, 7) is 8.84. The Morgan fingerprint density at radius 3 is 2.30 bits per heavy atom. The van der Waals surface area contributed by atoms with Gasteiger partial charge in [-0.1, -0.05) is 6.92 Å². The molecule has 2 amide bonds. The van der Waals surface area contributed by atoms with Crippen LogP contribution in [0.5, 0.6) is 0 Å². The van der Waals surface area contributed by atoms with E-state index < -0.39 is 5.97 Å². The maximum Gasteiger partial charge on any atom is 0.326 e. The molecule has 0 radical (unpaired) electrons. The summed E-state index contributed by atoms with van der Waals surface area (Å²) in [5, 5.41) is 8.86. The molecule has 4 rings (SSSR count). The van der Waals surface area contributed by atoms with Crippen LogP contribution >= 0.6 is 37.2 Å². The van der Waals surface area contributed by atoms with Gasteiger partial charge in [-0.2, -0.15) is 0 Å². The number of halogens is 3. The molecule has 2 fully saturated rings. The summed E-state index contributed by atoms with van der Waals surface area (Å²) >= 11 is 0. The highest BCUT2D eigenvalue weighted by molar-refractivity contribution is 5.93. The molecule has 0 spiro atoms. The number of carbonyl (C=O) groups is 2. The lowest BCUT2D eigenvalue weighted by Crippen LogP contribution is -2.47. The first-order chi connectivity index (χ1) is 14.5. The van der Waals surface area contributed by atoms with Gasteiger partial charge >= 0.3 is 12.0 Å². The van der Waals surface area contributed by atoms with E-state index in [9.17, 15) is 9.59 Å². The number of aliphatic carboxylic acids is 1. The average molecular weight is 526 g/mol. The zero-order valence-electron chi connectivity index (χ0n) is 19.0. The molecule has 9 nitrogen and oxygen atoms in total. The van der Waals surface area contributed by atoms with Crippen molar-refractivity contribution in [2.45, 2.75) is 45.1 Å². The average Bonchev–Trinajstić information content (AvgIpc) is 3.01. The van der Waals surface area contributed by atoms with Crippen LogP contribution in [0.1, 0.15) is 37.6 Å². The molecule has 33 heavy (non-hydrogen) atoms. The molecule has 0 aliphatic carbocycles. The topological polar surface area (TPSA) is 93.1 Å². The van der Waals surface area contributed by atoms with Crippen LogP contribution in [-0.4, -0.2) is 100 Å². The van der Waals surface area contributed by atoms with Crippen LogP contribution in [0.2, 0.25) is 0 Å². The number of likely N-dealkylation sites (N-methyl/N-ethyl adjacent to an activating group) is 1. The van der Waals surface area contributed by atoms with Crippen molar-refractivity contribution < 1.29 is 14.7 Å². The maximum atomic E-state index is 13.1. The van der Waals surface area contributed by atoms with E-state index in [2.05, 4.69) is 21.7 Å². The fourth-order valence-electron chi connectivity index (χ4n) is 4.75. The van der Waals surface area contributed by atoms with E-state index in [0.29, 0.717) is 25.5 Å². The third-order valence-electron chi connectivity index (χ3n) is 6.65. The zero-order chi connectivity index (χ0) is 21.1. The van der Waals surface area contributed by atoms with Crippen molar-refractivity contribution >= 4 is 55.0 Å². The van der Waals surface area contributed by atoms with Crippen molar-refractivity contribution in [2.24, 2.45) is 0 Å². The summed E-state index contributed by atoms with van der Waals surface area (Å²) in [5.41, 5.74) is 2.09. The predicted octanol–water partition coefficient (Wildman–Crippen LogP) is 2.34. The third-order valence-corrected chi connectivity index (χ3v) is 6.65. The zero-order valence-corrected chi connectivity index (χ0v) is 21.5. The first-order valence-electron chi connectivity index (χ1n) is 11.1. The maximum absolute atomic E-state index is 13.1. The number of anilines is 1. The second kappa shape index (κ2) is 13.5. The molecule has 0 saturated carbocycles. The molecule has 188 valence electrons. The molecular weight excluding hydrogens is 491 g/mol. The molecule has 0 unspecified atom stereocenters. The van der Waals surface area contributed by atoms with Crippen molar-refractivity contribution in [1.29, 1.82) is 0 Å². The van der Waals surface area contributed by atoms with Gasteiger partial charge in [0.25, 0.3) is 0 Å². The largest absolute Gasteiger partial charge is 0.481 e. The van der Waals surface area contributed by atoms with Crippen molar-refractivity contribution in [3.8, 4) is 0 Å². The van der Waals surface area contributed by atoms with Crippen LogP contribution in [0.3, 0.4) is 0 Å². The van der Waals surface area contributed by atoms with Gasteiger partial charge < -0.3 is 19.8 Å². The van der Waals surface area contributed by atoms with Crippen LogP contribution in [0, 0.1) is 0 Å². The lowest BCUT2D eigenvalue weighted by Gasteiger charge is -2.36. The monoisotopic (exact) mass is 524 g/mol. The standard InChI is InChI=1S/C21H32N6O3.3ClH/c1-2-24-10-5-17-18(6-11-24)23-19(15-22-17)27-14-13-26(21(27)30)16-3-8-25(9-4-16)12-7-20(28)29;;;/h15-16H,2-14H2,1H3,(H,28,29);3*1H. The highest BCUT2D eigenvalue weighted by atomic mass is 35.5. The number of nitrogens with zero attached hydrogens (tertiary/aromatic N) is 6. The van der Waals surface area contributed by atoms with Gasteiger partial charge in [0.15, 0.2) is 5.82 Å². The normalized spacial score (nSPS) is 19.7. The minimum atomic E-state index is -0.758. The lowest BCUT2D eigenvalue weighted by atomic mass is 10.0. The fraction of sp³-hybridized carbons (Fsp3) is 0.714. The number of hydrogen-bond donors (Lipinski definition) is 1. The van der Waals surface area contributed by atoms with Crippen LogP contribution < -0.4 is 4.90 Å². The molecule has 1 N–H and O–H groups in total. The summed E-state index contributed by atoms with van der Waals surface area (Å²) in [4.78, 5) is 41.7. The van der Waals surface area contributed by atoms with E-state index in [0.717, 1.165) is 69.8 Å². The molecule has 0 bridgehead atoms. The summed E-state index contributed by atoms with van der Waals surface area (Å²) in [6, 6.07) is 0.243. The molecule has 1 aromatic heterocycles. The van der Waals surface area contributed by atoms with Gasteiger partial charge in [-0.3, -0.25) is 14.7 Å². The SMILES string of the molecule is CCN1CCc2ncc(N3CCN(C4CCN(CCC(=O)O)CC4)C3=O)nc2CC1.Cl.Cl.Cl. The van der Waals surface area contributed by atoms with Crippen LogP contribution in [0.25, 0.3) is 0 Å². The van der Waals surface area contributed by atoms with Gasteiger partial charge in [0, 0.05) is 64.7 Å². The summed E-state index contributed by atoms with van der Waals surface area (Å²) in [6.07, 6.45) is 5.51. The fourth-order valence-corrected chi connectivity index (χ4v) is 4.75. The molecule has 0 aromatic carbocycles. The number of aromatic nitrogens is 2. The molecular formula is C21H35Cl3N6O3. The number of carboxylic acids is 1. The van der Waals surface area contributed by atoms with E-state index in [-0.39, 0.29) is 55.7 Å². The van der Waals surface area contributed by atoms with E-state index in [1.165, 1.54) is 0 Å². The van der Waals surface area contributed by atoms with Gasteiger partial charge in [0.1, 0.15) is 0 Å². The predicted molar refractivity (Wildman–Crippen MR) is 134 cm³/mol. The Hall–Kier alpha value is -1.39. The number of piperidine rings is 1. The number of rotatable bonds is 6. The minimum absolute atomic E-state index is 0. The first-order valence-corrected chi connectivity index (χ1v) is 11.1. The van der Waals surface area contributed by atoms with Crippen molar-refractivity contribution in [3.05, 3.63) is 17.6 Å². The van der Waals surface area contributed by atoms with E-state index in [1.54, 1.807) is 11.1 Å². The highest BCUT2D eigenvalue weighted by Gasteiger charge is 2.37. The Morgan fingerprint density at radius 1 is 1.00 bits per heavy atom. The first kappa shape index (κ1) is 29.6. The van der Waals surface area contributed by atoms with Crippen molar-refractivity contribution in [2.75, 3.05) is 57.3 Å². The number of urea groups is 1. The number of carboxylic acid groups (broad SMARTS) is 1. The Kier molecular flexibility index (Phi) is 12.1. The Morgan fingerprint density at radius 2 is 1.67 bits per heavy atom.